The molecule has 0 aromatic heterocycles. The molecule has 0 amide bonds. The predicted molar refractivity (Wildman–Crippen MR) is 54.0 cm³/mol. The summed E-state index contributed by atoms with van der Waals surface area (Å²) in [5.74, 6) is 0.491. The fourth-order valence-corrected chi connectivity index (χ4v) is 2.06. The quantitative estimate of drug-likeness (QED) is 0.737. The average Bonchev–Trinajstić information content (AvgIpc) is 2.15. The Morgan fingerprint density at radius 2 is 2.15 bits per heavy atom. The highest BCUT2D eigenvalue weighted by Gasteiger charge is 2.05. The lowest BCUT2D eigenvalue weighted by Crippen LogP contribution is -2.06. The summed E-state index contributed by atoms with van der Waals surface area (Å²) >= 11 is 0. The van der Waals surface area contributed by atoms with Gasteiger partial charge in [-0.1, -0.05) is 12.1 Å². The lowest BCUT2D eigenvalue weighted by molar-refractivity contribution is 0.218. The number of benzene rings is 1. The number of hydrogen-bond donors (Lipinski definition) is 1. The van der Waals surface area contributed by atoms with Crippen molar-refractivity contribution in [3.8, 4) is 0 Å². The summed E-state index contributed by atoms with van der Waals surface area (Å²) in [6.45, 7) is 0.487. The van der Waals surface area contributed by atoms with Gasteiger partial charge in [0.15, 0.2) is 0 Å². The van der Waals surface area contributed by atoms with E-state index in [-0.39, 0.29) is 0 Å². The molecular weight excluding hydrogens is 186 g/mol. The third-order valence-corrected chi connectivity index (χ3v) is 3.04. The van der Waals surface area contributed by atoms with E-state index in [1.165, 1.54) is 0 Å². The standard InChI is InChI=1S/C9H13NO2S/c1-12-6-7-13(11)9-5-3-2-4-8(9)10/h2-5H,6-7,10H2,1H3. The van der Waals surface area contributed by atoms with Crippen molar-refractivity contribution in [2.24, 2.45) is 0 Å². The molecule has 0 heterocycles. The van der Waals surface area contributed by atoms with Crippen LogP contribution in [0.3, 0.4) is 0 Å². The molecule has 13 heavy (non-hydrogen) atoms. The molecule has 1 unspecified atom stereocenters. The number of rotatable bonds is 4. The van der Waals surface area contributed by atoms with Gasteiger partial charge in [-0.05, 0) is 12.1 Å². The molecule has 2 N–H and O–H groups in total. The highest BCUT2D eigenvalue weighted by molar-refractivity contribution is 7.85. The molecule has 0 aliphatic heterocycles. The van der Waals surface area contributed by atoms with Gasteiger partial charge in [-0.15, -0.1) is 0 Å². The maximum atomic E-state index is 11.6. The van der Waals surface area contributed by atoms with Gasteiger partial charge in [0.2, 0.25) is 0 Å². The van der Waals surface area contributed by atoms with Crippen LogP contribution in [0.15, 0.2) is 29.2 Å². The Morgan fingerprint density at radius 3 is 2.77 bits per heavy atom. The zero-order valence-electron chi connectivity index (χ0n) is 7.53. The third kappa shape index (κ3) is 2.82. The summed E-state index contributed by atoms with van der Waals surface area (Å²) in [6.07, 6.45) is 0. The van der Waals surface area contributed by atoms with Crippen LogP contribution in [0.5, 0.6) is 0 Å². The molecule has 1 aromatic rings. The van der Waals surface area contributed by atoms with Crippen LogP contribution in [0.25, 0.3) is 0 Å². The first kappa shape index (κ1) is 10.2. The van der Waals surface area contributed by atoms with E-state index in [0.717, 1.165) is 0 Å². The summed E-state index contributed by atoms with van der Waals surface area (Å²) in [5, 5.41) is 0. The van der Waals surface area contributed by atoms with Gasteiger partial charge in [0.1, 0.15) is 0 Å². The molecule has 0 spiro atoms. The van der Waals surface area contributed by atoms with Crippen LogP contribution >= 0.6 is 0 Å². The largest absolute Gasteiger partial charge is 0.398 e. The molecule has 0 aliphatic rings. The number of hydrogen-bond acceptors (Lipinski definition) is 3. The molecule has 3 nitrogen and oxygen atoms in total. The Kier molecular flexibility index (Phi) is 3.92. The molecule has 72 valence electrons. The summed E-state index contributed by atoms with van der Waals surface area (Å²) < 4.78 is 16.4. The Morgan fingerprint density at radius 1 is 1.46 bits per heavy atom. The van der Waals surface area contributed by atoms with Crippen LogP contribution in [0.1, 0.15) is 0 Å². The lowest BCUT2D eigenvalue weighted by atomic mass is 10.3. The normalized spacial score (nSPS) is 12.7. The molecule has 1 aromatic carbocycles. The molecule has 0 saturated heterocycles. The van der Waals surface area contributed by atoms with Gasteiger partial charge in [-0.3, -0.25) is 4.21 Å². The number of nitrogens with two attached hydrogens (primary N) is 1. The first-order valence-corrected chi connectivity index (χ1v) is 5.29. The highest BCUT2D eigenvalue weighted by Crippen LogP contribution is 2.15. The first-order chi connectivity index (χ1) is 6.25. The number of anilines is 1. The molecule has 0 aliphatic carbocycles. The van der Waals surface area contributed by atoms with Gasteiger partial charge in [-0.2, -0.15) is 0 Å². The van der Waals surface area contributed by atoms with Crippen molar-refractivity contribution in [1.82, 2.24) is 0 Å². The number of methoxy groups -OCH3 is 1. The van der Waals surface area contributed by atoms with Crippen molar-refractivity contribution in [1.29, 1.82) is 0 Å². The Bertz CT molecular complexity index is 301. The summed E-state index contributed by atoms with van der Waals surface area (Å²) in [4.78, 5) is 0.694. The average molecular weight is 199 g/mol. The smallest absolute Gasteiger partial charge is 0.0618 e. The van der Waals surface area contributed by atoms with E-state index in [0.29, 0.717) is 22.9 Å². The van der Waals surface area contributed by atoms with E-state index in [1.54, 1.807) is 19.2 Å². The van der Waals surface area contributed by atoms with E-state index in [4.69, 9.17) is 10.5 Å². The number of nitrogen functional groups attached to an aromatic ring is 1. The zero-order valence-corrected chi connectivity index (χ0v) is 8.34. The topological polar surface area (TPSA) is 52.3 Å². The van der Waals surface area contributed by atoms with Gasteiger partial charge in [0.05, 0.1) is 28.1 Å². The van der Waals surface area contributed by atoms with Gasteiger partial charge in [0.25, 0.3) is 0 Å². The minimum absolute atomic E-state index is 0.487. The molecule has 0 fully saturated rings. The fraction of sp³-hybridized carbons (Fsp3) is 0.333. The van der Waals surface area contributed by atoms with Crippen LogP contribution in [-0.4, -0.2) is 23.7 Å². The van der Waals surface area contributed by atoms with Crippen molar-refractivity contribution < 1.29 is 8.95 Å². The van der Waals surface area contributed by atoms with Crippen molar-refractivity contribution in [3.05, 3.63) is 24.3 Å². The molecular formula is C9H13NO2S. The minimum Gasteiger partial charge on any atom is -0.398 e. The second-order valence-electron chi connectivity index (χ2n) is 2.58. The van der Waals surface area contributed by atoms with E-state index in [1.807, 2.05) is 12.1 Å². The van der Waals surface area contributed by atoms with Crippen LogP contribution in [0.2, 0.25) is 0 Å². The molecule has 0 saturated carbocycles. The third-order valence-electron chi connectivity index (χ3n) is 1.64. The van der Waals surface area contributed by atoms with Crippen molar-refractivity contribution in [2.45, 2.75) is 4.90 Å². The predicted octanol–water partition coefficient (Wildman–Crippen LogP) is 1.02. The molecule has 0 radical (unpaired) electrons. The maximum Gasteiger partial charge on any atom is 0.0618 e. The summed E-state index contributed by atoms with van der Waals surface area (Å²) in [7, 11) is 0.544. The molecule has 1 atom stereocenters. The fourth-order valence-electron chi connectivity index (χ4n) is 0.957. The Labute approximate surface area is 80.4 Å². The van der Waals surface area contributed by atoms with Gasteiger partial charge < -0.3 is 10.5 Å². The van der Waals surface area contributed by atoms with Crippen LogP contribution in [-0.2, 0) is 15.5 Å². The molecule has 4 heteroatoms. The van der Waals surface area contributed by atoms with Crippen LogP contribution in [0, 0.1) is 0 Å². The van der Waals surface area contributed by atoms with Crippen molar-refractivity contribution >= 4 is 16.5 Å². The van der Waals surface area contributed by atoms with Crippen LogP contribution in [0.4, 0.5) is 5.69 Å². The second-order valence-corrected chi connectivity index (χ2v) is 4.12. The molecule has 0 bridgehead atoms. The number of para-hydroxylation sites is 1. The SMILES string of the molecule is COCCS(=O)c1ccccc1N. The van der Waals surface area contributed by atoms with Gasteiger partial charge in [-0.25, -0.2) is 0 Å². The van der Waals surface area contributed by atoms with Crippen LogP contribution < -0.4 is 5.73 Å². The van der Waals surface area contributed by atoms with Gasteiger partial charge >= 0.3 is 0 Å². The Hall–Kier alpha value is -0.870. The van der Waals surface area contributed by atoms with Crippen molar-refractivity contribution in [3.63, 3.8) is 0 Å². The monoisotopic (exact) mass is 199 g/mol. The first-order valence-electron chi connectivity index (χ1n) is 3.97. The van der Waals surface area contributed by atoms with E-state index in [9.17, 15) is 4.21 Å². The highest BCUT2D eigenvalue weighted by atomic mass is 32.2. The summed E-state index contributed by atoms with van der Waals surface area (Å²) in [6, 6.07) is 7.18. The van der Waals surface area contributed by atoms with Gasteiger partial charge in [0, 0.05) is 12.8 Å². The number of ether oxygens (including phenoxy) is 1. The Balaban J connectivity index is 2.71. The summed E-state index contributed by atoms with van der Waals surface area (Å²) in [5.41, 5.74) is 6.24. The van der Waals surface area contributed by atoms with E-state index >= 15 is 0 Å². The van der Waals surface area contributed by atoms with Crippen molar-refractivity contribution in [2.75, 3.05) is 25.2 Å². The maximum absolute atomic E-state index is 11.6. The van der Waals surface area contributed by atoms with E-state index < -0.39 is 10.8 Å². The molecule has 1 rings (SSSR count). The van der Waals surface area contributed by atoms with E-state index in [2.05, 4.69) is 0 Å². The minimum atomic E-state index is -1.04. The lowest BCUT2D eigenvalue weighted by Gasteiger charge is -2.04. The zero-order chi connectivity index (χ0) is 9.68. The second kappa shape index (κ2) is 4.99.